The van der Waals surface area contributed by atoms with E-state index in [4.69, 9.17) is 11.5 Å². The lowest BCUT2D eigenvalue weighted by Crippen LogP contribution is -1.86. The van der Waals surface area contributed by atoms with Crippen LogP contribution in [0.4, 0.5) is 11.4 Å². The summed E-state index contributed by atoms with van der Waals surface area (Å²) in [6, 6.07) is 14.5. The normalized spacial score (nSPS) is 9.00. The lowest BCUT2D eigenvalue weighted by atomic mass is 10.2. The first-order valence-electron chi connectivity index (χ1n) is 5.24. The molecule has 0 fully saturated rings. The molecule has 4 N–H and O–H groups in total. The zero-order chi connectivity index (χ0) is 12.7. The maximum Gasteiger partial charge on any atom is 0.150 e. The van der Waals surface area contributed by atoms with E-state index in [2.05, 4.69) is 0 Å². The van der Waals surface area contributed by atoms with Gasteiger partial charge in [-0.15, -0.1) is 0 Å². The minimum Gasteiger partial charge on any atom is -0.399 e. The molecule has 0 aliphatic heterocycles. The number of hydrogen-bond donors (Lipinski definition) is 2. The van der Waals surface area contributed by atoms with Gasteiger partial charge in [0, 0.05) is 16.9 Å². The quantitative estimate of drug-likeness (QED) is 0.582. The van der Waals surface area contributed by atoms with Gasteiger partial charge in [0.15, 0.2) is 0 Å². The van der Waals surface area contributed by atoms with Crippen LogP contribution in [-0.2, 0) is 0 Å². The van der Waals surface area contributed by atoms with Crippen molar-refractivity contribution < 1.29 is 4.79 Å². The third-order valence-electron chi connectivity index (χ3n) is 2.15. The van der Waals surface area contributed by atoms with E-state index in [1.165, 1.54) is 5.56 Å². The zero-order valence-electron chi connectivity index (χ0n) is 9.76. The molecule has 3 heteroatoms. The van der Waals surface area contributed by atoms with Gasteiger partial charge in [0.2, 0.25) is 0 Å². The van der Waals surface area contributed by atoms with E-state index in [1.807, 2.05) is 31.2 Å². The highest BCUT2D eigenvalue weighted by Crippen LogP contribution is 2.04. The minimum absolute atomic E-state index is 0.737. The first-order valence-corrected chi connectivity index (χ1v) is 5.24. The van der Waals surface area contributed by atoms with Crippen LogP contribution in [0.15, 0.2) is 48.5 Å². The molecule has 3 nitrogen and oxygen atoms in total. The average Bonchev–Trinajstić information content (AvgIpc) is 2.35. The Hall–Kier alpha value is -2.29. The van der Waals surface area contributed by atoms with Gasteiger partial charge < -0.3 is 11.5 Å². The number of aryl methyl sites for hydroxylation is 1. The number of nitrogen functional groups attached to an aromatic ring is 2. The number of carbonyl (C=O) groups is 1. The third-order valence-corrected chi connectivity index (χ3v) is 2.15. The number of hydrogen-bond acceptors (Lipinski definition) is 3. The summed E-state index contributed by atoms with van der Waals surface area (Å²) in [6.07, 6.45) is 0.847. The maximum absolute atomic E-state index is 10.1. The summed E-state index contributed by atoms with van der Waals surface area (Å²) in [5, 5.41) is 0. The van der Waals surface area contributed by atoms with Crippen LogP contribution in [0, 0.1) is 6.92 Å². The number of rotatable bonds is 1. The van der Waals surface area contributed by atoms with Crippen LogP contribution >= 0.6 is 0 Å². The zero-order valence-corrected chi connectivity index (χ0v) is 9.76. The molecule has 2 rings (SSSR count). The summed E-state index contributed by atoms with van der Waals surface area (Å²) in [5.41, 5.74) is 14.2. The fraction of sp³-hybridized carbons (Fsp3) is 0.0714. The number of carbonyl (C=O) groups excluding carboxylic acids is 1. The fourth-order valence-electron chi connectivity index (χ4n) is 1.14. The van der Waals surface area contributed by atoms with Gasteiger partial charge in [-0.25, -0.2) is 0 Å². The van der Waals surface area contributed by atoms with Gasteiger partial charge in [0.1, 0.15) is 6.29 Å². The Morgan fingerprint density at radius 1 is 0.824 bits per heavy atom. The van der Waals surface area contributed by atoms with Crippen molar-refractivity contribution in [2.75, 3.05) is 11.5 Å². The summed E-state index contributed by atoms with van der Waals surface area (Å²) in [4.78, 5) is 10.1. The van der Waals surface area contributed by atoms with Crippen molar-refractivity contribution in [3.05, 3.63) is 59.7 Å². The van der Waals surface area contributed by atoms with Gasteiger partial charge in [-0.2, -0.15) is 0 Å². The minimum atomic E-state index is 0.737. The van der Waals surface area contributed by atoms with Gasteiger partial charge in [-0.05, 0) is 31.2 Å². The lowest BCUT2D eigenvalue weighted by Gasteiger charge is -1.90. The molecule has 0 atom stereocenters. The van der Waals surface area contributed by atoms with Crippen LogP contribution in [0.3, 0.4) is 0 Å². The molecule has 0 amide bonds. The molecular formula is C14H16N2O. The number of aldehydes is 1. The molecule has 0 saturated carbocycles. The summed E-state index contributed by atoms with van der Waals surface area (Å²) in [6.45, 7) is 1.99. The largest absolute Gasteiger partial charge is 0.399 e. The highest BCUT2D eigenvalue weighted by Gasteiger charge is 1.85. The van der Waals surface area contributed by atoms with Crippen molar-refractivity contribution in [3.8, 4) is 0 Å². The lowest BCUT2D eigenvalue weighted by molar-refractivity contribution is 0.112. The second-order valence-electron chi connectivity index (χ2n) is 3.70. The fourth-order valence-corrected chi connectivity index (χ4v) is 1.14. The molecule has 0 spiro atoms. The van der Waals surface area contributed by atoms with Gasteiger partial charge in [-0.1, -0.05) is 29.8 Å². The third kappa shape index (κ3) is 4.84. The molecule has 0 unspecified atom stereocenters. The Labute approximate surface area is 101 Å². The van der Waals surface area contributed by atoms with Crippen LogP contribution in [0.25, 0.3) is 0 Å². The monoisotopic (exact) mass is 228 g/mol. The van der Waals surface area contributed by atoms with Gasteiger partial charge in [-0.3, -0.25) is 4.79 Å². The van der Waals surface area contributed by atoms with E-state index in [0.717, 1.165) is 23.2 Å². The Bertz CT molecular complexity index is 440. The van der Waals surface area contributed by atoms with Crippen LogP contribution < -0.4 is 11.5 Å². The highest BCUT2D eigenvalue weighted by atomic mass is 16.1. The summed E-state index contributed by atoms with van der Waals surface area (Å²) in [5.74, 6) is 0. The maximum atomic E-state index is 10.1. The molecule has 88 valence electrons. The van der Waals surface area contributed by atoms with Gasteiger partial charge >= 0.3 is 0 Å². The molecule has 0 heterocycles. The van der Waals surface area contributed by atoms with Crippen LogP contribution in [0.1, 0.15) is 15.9 Å². The van der Waals surface area contributed by atoms with E-state index in [-0.39, 0.29) is 0 Å². The Kier molecular flexibility index (Phi) is 4.76. The standard InChI is InChI=1S/C8H8O.C6H8N2/c1-7-2-4-8(6-9)5-3-7;7-5-1-2-6(8)4-3-5/h2-6H,1H3;1-4H,7-8H2. The predicted octanol–water partition coefficient (Wildman–Crippen LogP) is 2.66. The van der Waals surface area contributed by atoms with Crippen molar-refractivity contribution in [2.24, 2.45) is 0 Å². The number of benzene rings is 2. The van der Waals surface area contributed by atoms with Crippen molar-refractivity contribution in [1.29, 1.82) is 0 Å². The second kappa shape index (κ2) is 6.33. The van der Waals surface area contributed by atoms with Crippen LogP contribution in [0.2, 0.25) is 0 Å². The van der Waals surface area contributed by atoms with E-state index in [0.29, 0.717) is 0 Å². The van der Waals surface area contributed by atoms with Crippen molar-refractivity contribution in [1.82, 2.24) is 0 Å². The van der Waals surface area contributed by atoms with E-state index >= 15 is 0 Å². The van der Waals surface area contributed by atoms with Crippen molar-refractivity contribution in [2.45, 2.75) is 6.92 Å². The number of anilines is 2. The van der Waals surface area contributed by atoms with Crippen molar-refractivity contribution in [3.63, 3.8) is 0 Å². The average molecular weight is 228 g/mol. The molecule has 2 aromatic rings. The van der Waals surface area contributed by atoms with Crippen molar-refractivity contribution >= 4 is 17.7 Å². The first-order chi connectivity index (χ1) is 8.11. The smallest absolute Gasteiger partial charge is 0.150 e. The second-order valence-corrected chi connectivity index (χ2v) is 3.70. The molecular weight excluding hydrogens is 212 g/mol. The van der Waals surface area contributed by atoms with E-state index in [1.54, 1.807) is 24.3 Å². The SMILES string of the molecule is Cc1ccc(C=O)cc1.Nc1ccc(N)cc1. The molecule has 0 bridgehead atoms. The Morgan fingerprint density at radius 2 is 1.24 bits per heavy atom. The number of nitrogens with two attached hydrogens (primary N) is 2. The van der Waals surface area contributed by atoms with Crippen LogP contribution in [-0.4, -0.2) is 6.29 Å². The molecule has 0 aliphatic rings. The molecule has 0 saturated heterocycles. The van der Waals surface area contributed by atoms with Gasteiger partial charge in [0.05, 0.1) is 0 Å². The summed E-state index contributed by atoms with van der Waals surface area (Å²) >= 11 is 0. The topological polar surface area (TPSA) is 69.1 Å². The molecule has 17 heavy (non-hydrogen) atoms. The predicted molar refractivity (Wildman–Crippen MR) is 71.8 cm³/mol. The van der Waals surface area contributed by atoms with E-state index < -0.39 is 0 Å². The molecule has 2 aromatic carbocycles. The summed E-state index contributed by atoms with van der Waals surface area (Å²) in [7, 11) is 0. The van der Waals surface area contributed by atoms with E-state index in [9.17, 15) is 4.79 Å². The first kappa shape index (κ1) is 12.8. The highest BCUT2D eigenvalue weighted by molar-refractivity contribution is 5.74. The van der Waals surface area contributed by atoms with Gasteiger partial charge in [0.25, 0.3) is 0 Å². The van der Waals surface area contributed by atoms with Crippen LogP contribution in [0.5, 0.6) is 0 Å². The molecule has 0 aromatic heterocycles. The Balaban J connectivity index is 0.000000171. The summed E-state index contributed by atoms with van der Waals surface area (Å²) < 4.78 is 0. The Morgan fingerprint density at radius 3 is 1.59 bits per heavy atom. The molecule has 0 aliphatic carbocycles. The molecule has 0 radical (unpaired) electrons.